The molecule has 0 radical (unpaired) electrons. The van der Waals surface area contributed by atoms with Crippen molar-refractivity contribution >= 4 is 12.0 Å². The molecule has 0 bridgehead atoms. The highest BCUT2D eigenvalue weighted by molar-refractivity contribution is 5.90. The summed E-state index contributed by atoms with van der Waals surface area (Å²) in [6, 6.07) is 8.73. The number of carbonyl (C=O) groups is 1. The number of aromatic nitrogens is 2. The molecule has 1 unspecified atom stereocenters. The lowest BCUT2D eigenvalue weighted by atomic mass is 10.0. The van der Waals surface area contributed by atoms with Crippen molar-refractivity contribution in [3.8, 4) is 0 Å². The molecule has 2 N–H and O–H groups in total. The summed E-state index contributed by atoms with van der Waals surface area (Å²) in [5, 5.41) is 12.7. The zero-order valence-electron chi connectivity index (χ0n) is 14.4. The van der Waals surface area contributed by atoms with E-state index in [4.69, 9.17) is 5.21 Å². The number of aryl methyl sites for hydroxylation is 1. The minimum absolute atomic E-state index is 0.454. The molecule has 1 aromatic heterocycles. The fraction of sp³-hybridized carbons (Fsp3) is 0.368. The Morgan fingerprint density at radius 1 is 1.40 bits per heavy atom. The Balaban J connectivity index is 1.61. The van der Waals surface area contributed by atoms with Gasteiger partial charge in [-0.3, -0.25) is 19.6 Å². The van der Waals surface area contributed by atoms with Crippen LogP contribution in [0.25, 0.3) is 6.08 Å². The van der Waals surface area contributed by atoms with Crippen LogP contribution in [0.15, 0.2) is 42.7 Å². The first kappa shape index (κ1) is 17.4. The first-order valence-electron chi connectivity index (χ1n) is 8.59. The summed E-state index contributed by atoms with van der Waals surface area (Å²) in [5.74, 6) is -0.526. The molecule has 0 spiro atoms. The van der Waals surface area contributed by atoms with Gasteiger partial charge >= 0.3 is 0 Å². The van der Waals surface area contributed by atoms with Crippen molar-refractivity contribution in [1.29, 1.82) is 0 Å². The largest absolute Gasteiger partial charge is 0.296 e. The van der Waals surface area contributed by atoms with Crippen molar-refractivity contribution < 1.29 is 10.0 Å². The Labute approximate surface area is 147 Å². The number of nitrogens with one attached hydrogen (secondary N) is 1. The van der Waals surface area contributed by atoms with Crippen LogP contribution < -0.4 is 5.48 Å². The van der Waals surface area contributed by atoms with E-state index in [1.165, 1.54) is 30.0 Å². The Hall–Kier alpha value is -2.44. The standard InChI is InChI=1S/C19H24N4O2/c1-22-14-16(13-20-22)10-12-23-11-2-3-18(23)17-7-4-15(5-8-17)6-9-19(24)21-25/h4-9,13-14,18,25H,2-3,10-12H2,1H3,(H,21,24)/b9-6+. The second kappa shape index (κ2) is 8.09. The molecule has 132 valence electrons. The van der Waals surface area contributed by atoms with Gasteiger partial charge in [-0.1, -0.05) is 24.3 Å². The molecule has 1 aromatic carbocycles. The highest BCUT2D eigenvalue weighted by Crippen LogP contribution is 2.32. The van der Waals surface area contributed by atoms with Crippen LogP contribution in [0.1, 0.15) is 35.6 Å². The topological polar surface area (TPSA) is 70.4 Å². The molecule has 1 amide bonds. The van der Waals surface area contributed by atoms with Crippen LogP contribution in [-0.4, -0.2) is 38.9 Å². The van der Waals surface area contributed by atoms with Gasteiger partial charge in [-0.25, -0.2) is 5.48 Å². The molecule has 0 aliphatic carbocycles. The Morgan fingerprint density at radius 2 is 2.20 bits per heavy atom. The number of hydrogen-bond acceptors (Lipinski definition) is 4. The Kier molecular flexibility index (Phi) is 5.63. The highest BCUT2D eigenvalue weighted by Gasteiger charge is 2.25. The lowest BCUT2D eigenvalue weighted by Crippen LogP contribution is -2.25. The third kappa shape index (κ3) is 4.55. The third-order valence-electron chi connectivity index (χ3n) is 4.67. The molecule has 1 fully saturated rings. The summed E-state index contributed by atoms with van der Waals surface area (Å²) in [6.07, 6.45) is 10.4. The van der Waals surface area contributed by atoms with Crippen LogP contribution >= 0.6 is 0 Å². The van der Waals surface area contributed by atoms with E-state index in [1.54, 1.807) is 11.6 Å². The van der Waals surface area contributed by atoms with Gasteiger partial charge in [0.15, 0.2) is 0 Å². The maximum Gasteiger partial charge on any atom is 0.267 e. The van der Waals surface area contributed by atoms with Gasteiger partial charge in [-0.2, -0.15) is 5.10 Å². The van der Waals surface area contributed by atoms with Crippen molar-refractivity contribution in [2.75, 3.05) is 13.1 Å². The van der Waals surface area contributed by atoms with E-state index in [2.05, 4.69) is 28.3 Å². The minimum Gasteiger partial charge on any atom is -0.296 e. The SMILES string of the molecule is Cn1cc(CCN2CCCC2c2ccc(/C=C/C(=O)NO)cc2)cn1. The minimum atomic E-state index is -0.526. The predicted molar refractivity (Wildman–Crippen MR) is 95.9 cm³/mol. The third-order valence-corrected chi connectivity index (χ3v) is 4.67. The summed E-state index contributed by atoms with van der Waals surface area (Å²) in [6.45, 7) is 2.16. The molecule has 6 nitrogen and oxygen atoms in total. The van der Waals surface area contributed by atoms with Gasteiger partial charge < -0.3 is 0 Å². The molecule has 1 atom stereocenters. The van der Waals surface area contributed by atoms with E-state index in [-0.39, 0.29) is 0 Å². The quantitative estimate of drug-likeness (QED) is 0.481. The molecule has 2 heterocycles. The van der Waals surface area contributed by atoms with Gasteiger partial charge in [0, 0.05) is 31.9 Å². The molecule has 6 heteroatoms. The zero-order valence-corrected chi connectivity index (χ0v) is 14.4. The molecular weight excluding hydrogens is 316 g/mol. The van der Waals surface area contributed by atoms with Crippen LogP contribution in [0, 0.1) is 0 Å². The van der Waals surface area contributed by atoms with Gasteiger partial charge in [-0.05, 0) is 48.6 Å². The molecular formula is C19H24N4O2. The fourth-order valence-electron chi connectivity index (χ4n) is 3.38. The summed E-state index contributed by atoms with van der Waals surface area (Å²) in [4.78, 5) is 13.6. The average Bonchev–Trinajstić information content (AvgIpc) is 3.27. The van der Waals surface area contributed by atoms with E-state index in [1.807, 2.05) is 30.1 Å². The van der Waals surface area contributed by atoms with Crippen molar-refractivity contribution in [2.45, 2.75) is 25.3 Å². The number of amides is 1. The monoisotopic (exact) mass is 340 g/mol. The van der Waals surface area contributed by atoms with Crippen molar-refractivity contribution in [3.63, 3.8) is 0 Å². The van der Waals surface area contributed by atoms with Gasteiger partial charge in [0.05, 0.1) is 6.20 Å². The van der Waals surface area contributed by atoms with Gasteiger partial charge in [0.2, 0.25) is 0 Å². The molecule has 0 saturated carbocycles. The van der Waals surface area contributed by atoms with Gasteiger partial charge in [-0.15, -0.1) is 0 Å². The number of likely N-dealkylation sites (tertiary alicyclic amines) is 1. The number of benzene rings is 1. The van der Waals surface area contributed by atoms with Crippen molar-refractivity contribution in [1.82, 2.24) is 20.2 Å². The Bertz CT molecular complexity index is 736. The summed E-state index contributed by atoms with van der Waals surface area (Å²) in [5.41, 5.74) is 5.11. The lowest BCUT2D eigenvalue weighted by molar-refractivity contribution is -0.124. The van der Waals surface area contributed by atoms with Crippen LogP contribution in [0.4, 0.5) is 0 Å². The van der Waals surface area contributed by atoms with E-state index in [9.17, 15) is 4.79 Å². The van der Waals surface area contributed by atoms with Crippen LogP contribution in [-0.2, 0) is 18.3 Å². The number of hydrogen-bond donors (Lipinski definition) is 2. The normalized spacial score (nSPS) is 18.1. The predicted octanol–water partition coefficient (Wildman–Crippen LogP) is 2.32. The maximum atomic E-state index is 11.0. The number of carbonyl (C=O) groups excluding carboxylic acids is 1. The highest BCUT2D eigenvalue weighted by atomic mass is 16.5. The van der Waals surface area contributed by atoms with Crippen LogP contribution in [0.5, 0.6) is 0 Å². The van der Waals surface area contributed by atoms with Crippen LogP contribution in [0.3, 0.4) is 0 Å². The summed E-state index contributed by atoms with van der Waals surface area (Å²) < 4.78 is 1.85. The molecule has 3 rings (SSSR count). The van der Waals surface area contributed by atoms with E-state index in [0.717, 1.165) is 25.1 Å². The molecule has 25 heavy (non-hydrogen) atoms. The second-order valence-corrected chi connectivity index (χ2v) is 6.44. The number of hydroxylamine groups is 1. The van der Waals surface area contributed by atoms with Crippen LogP contribution in [0.2, 0.25) is 0 Å². The number of rotatable bonds is 6. The molecule has 1 saturated heterocycles. The summed E-state index contributed by atoms with van der Waals surface area (Å²) in [7, 11) is 1.95. The fourth-order valence-corrected chi connectivity index (χ4v) is 3.38. The maximum absolute atomic E-state index is 11.0. The van der Waals surface area contributed by atoms with E-state index < -0.39 is 5.91 Å². The Morgan fingerprint density at radius 3 is 2.88 bits per heavy atom. The molecule has 2 aromatic rings. The second-order valence-electron chi connectivity index (χ2n) is 6.44. The lowest BCUT2D eigenvalue weighted by Gasteiger charge is -2.24. The van der Waals surface area contributed by atoms with Gasteiger partial charge in [0.25, 0.3) is 5.91 Å². The average molecular weight is 340 g/mol. The smallest absolute Gasteiger partial charge is 0.267 e. The van der Waals surface area contributed by atoms with Crippen molar-refractivity contribution in [3.05, 3.63) is 59.4 Å². The molecule has 1 aliphatic heterocycles. The number of nitrogens with zero attached hydrogens (tertiary/aromatic N) is 3. The van der Waals surface area contributed by atoms with Crippen molar-refractivity contribution in [2.24, 2.45) is 7.05 Å². The first-order valence-corrected chi connectivity index (χ1v) is 8.59. The first-order chi connectivity index (χ1) is 12.2. The zero-order chi connectivity index (χ0) is 17.6. The van der Waals surface area contributed by atoms with Gasteiger partial charge in [0.1, 0.15) is 0 Å². The van der Waals surface area contributed by atoms with E-state index in [0.29, 0.717) is 6.04 Å². The summed E-state index contributed by atoms with van der Waals surface area (Å²) >= 11 is 0. The molecule has 1 aliphatic rings. The van der Waals surface area contributed by atoms with E-state index >= 15 is 0 Å².